The van der Waals surface area contributed by atoms with Gasteiger partial charge in [-0.05, 0) is 29.7 Å². The molecule has 0 saturated carbocycles. The van der Waals surface area contributed by atoms with Crippen LogP contribution < -0.4 is 0 Å². The van der Waals surface area contributed by atoms with E-state index in [-0.39, 0.29) is 17.5 Å². The second-order valence-electron chi connectivity index (χ2n) is 7.12. The number of hydrogen-bond acceptors (Lipinski definition) is 0. The zero-order valence-electron chi connectivity index (χ0n) is 15.3. The molecule has 0 amide bonds. The Kier molecular flexibility index (Phi) is 4.66. The predicted octanol–water partition coefficient (Wildman–Crippen LogP) is 7.34. The Balaban J connectivity index is 2.10. The molecule has 2 heterocycles. The maximum Gasteiger partial charge on any atom is 0.402 e. The normalized spacial score (nSPS) is 14.6. The fourth-order valence-electron chi connectivity index (χ4n) is 4.20. The summed E-state index contributed by atoms with van der Waals surface area (Å²) in [5.74, 6) is 0. The van der Waals surface area contributed by atoms with E-state index < -0.39 is 11.6 Å². The molecular formula is C22H20ClF3N2. The zero-order valence-corrected chi connectivity index (χ0v) is 16.1. The third-order valence-corrected chi connectivity index (χ3v) is 5.88. The minimum absolute atomic E-state index is 0.0334. The summed E-state index contributed by atoms with van der Waals surface area (Å²) in [5.41, 5.74) is -0.434. The van der Waals surface area contributed by atoms with Gasteiger partial charge in [0, 0.05) is 28.7 Å². The zero-order chi connectivity index (χ0) is 19.9. The van der Waals surface area contributed by atoms with Gasteiger partial charge in [0.2, 0.25) is 0 Å². The van der Waals surface area contributed by atoms with Crippen LogP contribution in [0.3, 0.4) is 0 Å². The molecule has 4 rings (SSSR count). The summed E-state index contributed by atoms with van der Waals surface area (Å²) >= 11 is 6.24. The molecule has 146 valence electrons. The van der Waals surface area contributed by atoms with Crippen molar-refractivity contribution in [2.45, 2.75) is 37.8 Å². The van der Waals surface area contributed by atoms with Crippen molar-refractivity contribution in [1.29, 1.82) is 0 Å². The lowest BCUT2D eigenvalue weighted by Crippen LogP contribution is -2.43. The number of H-pyrrole nitrogens is 2. The Hall–Kier alpha value is -2.40. The average molecular weight is 405 g/mol. The summed E-state index contributed by atoms with van der Waals surface area (Å²) in [6.45, 7) is 1.91. The minimum atomic E-state index is -4.48. The number of para-hydroxylation sites is 2. The Labute approximate surface area is 165 Å². The molecule has 1 unspecified atom stereocenters. The van der Waals surface area contributed by atoms with Crippen LogP contribution in [0.2, 0.25) is 5.02 Å². The molecule has 0 saturated heterocycles. The van der Waals surface area contributed by atoms with Crippen LogP contribution in [0.15, 0.2) is 54.9 Å². The van der Waals surface area contributed by atoms with Crippen LogP contribution in [0.25, 0.3) is 21.8 Å². The van der Waals surface area contributed by atoms with Crippen molar-refractivity contribution in [2.24, 2.45) is 0 Å². The lowest BCUT2D eigenvalue weighted by Gasteiger charge is -2.36. The molecule has 1 atom stereocenters. The summed E-state index contributed by atoms with van der Waals surface area (Å²) in [6, 6.07) is 12.2. The van der Waals surface area contributed by atoms with Crippen LogP contribution in [-0.2, 0) is 5.41 Å². The van der Waals surface area contributed by atoms with Gasteiger partial charge in [0.05, 0.1) is 10.5 Å². The molecule has 2 aromatic heterocycles. The van der Waals surface area contributed by atoms with Crippen LogP contribution in [0.4, 0.5) is 13.2 Å². The molecule has 6 heteroatoms. The average Bonchev–Trinajstić information content (AvgIpc) is 3.28. The molecule has 0 aliphatic heterocycles. The standard InChI is InChI=1S/C22H20ClF3N2/c1-2-3-11-21(22(24,25)26,16-12-27-19-10-5-4-7-14(16)19)17-13-28-20-15(17)8-6-9-18(20)23/h4-10,12-13,27-28H,2-3,11H2,1H3. The largest absolute Gasteiger partial charge is 0.402 e. The number of aromatic amines is 2. The molecule has 2 N–H and O–H groups in total. The predicted molar refractivity (Wildman–Crippen MR) is 108 cm³/mol. The number of halogens is 4. The van der Waals surface area contributed by atoms with E-state index in [0.717, 1.165) is 0 Å². The van der Waals surface area contributed by atoms with Gasteiger partial charge in [-0.1, -0.05) is 61.7 Å². The van der Waals surface area contributed by atoms with Gasteiger partial charge in [-0.3, -0.25) is 0 Å². The quantitative estimate of drug-likeness (QED) is 0.348. The van der Waals surface area contributed by atoms with E-state index in [1.807, 2.05) is 13.0 Å². The summed E-state index contributed by atoms with van der Waals surface area (Å²) in [7, 11) is 0. The Bertz CT molecular complexity index is 1130. The van der Waals surface area contributed by atoms with Crippen molar-refractivity contribution in [3.05, 3.63) is 71.0 Å². The molecule has 0 bridgehead atoms. The van der Waals surface area contributed by atoms with Gasteiger partial charge in [0.25, 0.3) is 0 Å². The minimum Gasteiger partial charge on any atom is -0.361 e. The maximum atomic E-state index is 14.9. The number of aromatic nitrogens is 2. The van der Waals surface area contributed by atoms with Gasteiger partial charge < -0.3 is 9.97 Å². The summed E-state index contributed by atoms with van der Waals surface area (Å²) in [6.07, 6.45) is -0.410. The van der Waals surface area contributed by atoms with E-state index in [1.54, 1.807) is 36.4 Å². The fraction of sp³-hybridized carbons (Fsp3) is 0.273. The van der Waals surface area contributed by atoms with Crippen molar-refractivity contribution in [1.82, 2.24) is 9.97 Å². The highest BCUT2D eigenvalue weighted by molar-refractivity contribution is 6.35. The van der Waals surface area contributed by atoms with Gasteiger partial charge in [-0.15, -0.1) is 0 Å². The Morgan fingerprint density at radius 3 is 2.32 bits per heavy atom. The lowest BCUT2D eigenvalue weighted by atomic mass is 9.70. The second kappa shape index (κ2) is 6.89. The van der Waals surface area contributed by atoms with Crippen molar-refractivity contribution >= 4 is 33.4 Å². The van der Waals surface area contributed by atoms with Gasteiger partial charge in [0.15, 0.2) is 0 Å². The molecule has 0 radical (unpaired) electrons. The SMILES string of the molecule is CCCCC(c1c[nH]c2ccccc12)(c1c[nH]c2c(Cl)cccc12)C(F)(F)F. The lowest BCUT2D eigenvalue weighted by molar-refractivity contribution is -0.179. The van der Waals surface area contributed by atoms with E-state index in [0.29, 0.717) is 39.7 Å². The van der Waals surface area contributed by atoms with Crippen molar-refractivity contribution in [2.75, 3.05) is 0 Å². The number of rotatable bonds is 5. The third-order valence-electron chi connectivity index (χ3n) is 5.56. The van der Waals surface area contributed by atoms with E-state index in [4.69, 9.17) is 11.6 Å². The first-order valence-corrected chi connectivity index (χ1v) is 9.67. The summed E-state index contributed by atoms with van der Waals surface area (Å²) in [4.78, 5) is 6.01. The van der Waals surface area contributed by atoms with Crippen LogP contribution in [-0.4, -0.2) is 16.1 Å². The number of hydrogen-bond donors (Lipinski definition) is 2. The molecule has 2 aromatic carbocycles. The van der Waals surface area contributed by atoms with Gasteiger partial charge in [-0.25, -0.2) is 0 Å². The summed E-state index contributed by atoms with van der Waals surface area (Å²) in [5, 5.41) is 1.51. The topological polar surface area (TPSA) is 31.6 Å². The van der Waals surface area contributed by atoms with Crippen molar-refractivity contribution in [3.63, 3.8) is 0 Å². The number of benzene rings is 2. The maximum absolute atomic E-state index is 14.9. The number of unbranched alkanes of at least 4 members (excludes halogenated alkanes) is 1. The van der Waals surface area contributed by atoms with Crippen molar-refractivity contribution < 1.29 is 13.2 Å². The van der Waals surface area contributed by atoms with Crippen LogP contribution in [0.5, 0.6) is 0 Å². The molecule has 28 heavy (non-hydrogen) atoms. The van der Waals surface area contributed by atoms with Gasteiger partial charge >= 0.3 is 6.18 Å². The van der Waals surface area contributed by atoms with E-state index in [1.165, 1.54) is 12.4 Å². The smallest absolute Gasteiger partial charge is 0.361 e. The van der Waals surface area contributed by atoms with E-state index in [9.17, 15) is 13.2 Å². The van der Waals surface area contributed by atoms with E-state index >= 15 is 0 Å². The summed E-state index contributed by atoms with van der Waals surface area (Å²) < 4.78 is 44.8. The molecule has 0 fully saturated rings. The van der Waals surface area contributed by atoms with Crippen molar-refractivity contribution in [3.8, 4) is 0 Å². The fourth-order valence-corrected chi connectivity index (χ4v) is 4.43. The third kappa shape index (κ3) is 2.72. The van der Waals surface area contributed by atoms with Crippen LogP contribution >= 0.6 is 11.6 Å². The molecule has 2 nitrogen and oxygen atoms in total. The monoisotopic (exact) mass is 404 g/mol. The molecule has 0 aliphatic rings. The first kappa shape index (κ1) is 18.9. The molecule has 0 aliphatic carbocycles. The first-order chi connectivity index (χ1) is 13.4. The van der Waals surface area contributed by atoms with Crippen LogP contribution in [0.1, 0.15) is 37.3 Å². The Morgan fingerprint density at radius 1 is 0.893 bits per heavy atom. The van der Waals surface area contributed by atoms with Gasteiger partial charge in [0.1, 0.15) is 5.41 Å². The van der Waals surface area contributed by atoms with Crippen LogP contribution in [0, 0.1) is 0 Å². The van der Waals surface area contributed by atoms with E-state index in [2.05, 4.69) is 9.97 Å². The highest BCUT2D eigenvalue weighted by Crippen LogP contribution is 2.53. The second-order valence-corrected chi connectivity index (χ2v) is 7.53. The molecule has 4 aromatic rings. The number of alkyl halides is 3. The first-order valence-electron chi connectivity index (χ1n) is 9.29. The molecule has 0 spiro atoms. The molecular weight excluding hydrogens is 385 g/mol. The number of fused-ring (bicyclic) bond motifs is 2. The highest BCUT2D eigenvalue weighted by Gasteiger charge is 2.58. The number of nitrogens with one attached hydrogen (secondary N) is 2. The van der Waals surface area contributed by atoms with Gasteiger partial charge in [-0.2, -0.15) is 13.2 Å². The Morgan fingerprint density at radius 2 is 1.57 bits per heavy atom. The highest BCUT2D eigenvalue weighted by atomic mass is 35.5.